The van der Waals surface area contributed by atoms with Gasteiger partial charge in [0.1, 0.15) is 29.3 Å². The van der Waals surface area contributed by atoms with Crippen molar-refractivity contribution in [3.63, 3.8) is 0 Å². The Hall–Kier alpha value is -2.83. The number of carbonyl (C=O) groups is 1. The fourth-order valence-corrected chi connectivity index (χ4v) is 2.28. The molecule has 0 atom stereocenters. The van der Waals surface area contributed by atoms with Gasteiger partial charge in [0.15, 0.2) is 0 Å². The van der Waals surface area contributed by atoms with E-state index in [-0.39, 0.29) is 5.91 Å². The second kappa shape index (κ2) is 8.14. The minimum absolute atomic E-state index is 0.296. The zero-order valence-corrected chi connectivity index (χ0v) is 14.4. The van der Waals surface area contributed by atoms with Crippen LogP contribution in [0.4, 0.5) is 11.5 Å². The molecule has 128 valence electrons. The van der Waals surface area contributed by atoms with E-state index < -0.39 is 0 Å². The van der Waals surface area contributed by atoms with Crippen molar-refractivity contribution in [3.05, 3.63) is 36.3 Å². The number of aromatic nitrogens is 2. The van der Waals surface area contributed by atoms with Gasteiger partial charge >= 0.3 is 0 Å². The maximum Gasteiger partial charge on any atom is 0.274 e. The van der Waals surface area contributed by atoms with E-state index in [0.29, 0.717) is 22.9 Å². The Kier molecular flexibility index (Phi) is 5.95. The van der Waals surface area contributed by atoms with Crippen LogP contribution in [0, 0.1) is 0 Å². The summed E-state index contributed by atoms with van der Waals surface area (Å²) in [6.45, 7) is 5.68. The molecule has 0 bridgehead atoms. The van der Waals surface area contributed by atoms with Gasteiger partial charge in [0.25, 0.3) is 5.91 Å². The molecule has 1 aromatic heterocycles. The first kappa shape index (κ1) is 17.5. The van der Waals surface area contributed by atoms with Gasteiger partial charge in [-0.05, 0) is 26.0 Å². The molecular weight excluding hydrogens is 308 g/mol. The van der Waals surface area contributed by atoms with Crippen LogP contribution in [0.2, 0.25) is 0 Å². The van der Waals surface area contributed by atoms with Gasteiger partial charge in [-0.2, -0.15) is 0 Å². The van der Waals surface area contributed by atoms with E-state index in [9.17, 15) is 4.79 Å². The SMILES string of the molecule is CCN(CC)c1cc(C(=O)Nc2ccc(OC)cc2OC)ncn1. The lowest BCUT2D eigenvalue weighted by molar-refractivity contribution is 0.102. The highest BCUT2D eigenvalue weighted by Crippen LogP contribution is 2.29. The van der Waals surface area contributed by atoms with Gasteiger partial charge in [-0.3, -0.25) is 4.79 Å². The van der Waals surface area contributed by atoms with Crippen molar-refractivity contribution in [1.29, 1.82) is 0 Å². The quantitative estimate of drug-likeness (QED) is 0.841. The maximum atomic E-state index is 12.5. The first-order chi connectivity index (χ1) is 11.6. The summed E-state index contributed by atoms with van der Waals surface area (Å²) >= 11 is 0. The van der Waals surface area contributed by atoms with Gasteiger partial charge in [0.05, 0.1) is 19.9 Å². The van der Waals surface area contributed by atoms with Crippen molar-refractivity contribution in [2.45, 2.75) is 13.8 Å². The molecule has 0 aliphatic rings. The molecule has 1 N–H and O–H groups in total. The Labute approximate surface area is 141 Å². The van der Waals surface area contributed by atoms with Gasteiger partial charge in [-0.1, -0.05) is 0 Å². The first-order valence-electron chi connectivity index (χ1n) is 7.73. The van der Waals surface area contributed by atoms with Crippen LogP contribution in [0.25, 0.3) is 0 Å². The molecule has 1 heterocycles. The number of ether oxygens (including phenoxy) is 2. The summed E-state index contributed by atoms with van der Waals surface area (Å²) in [4.78, 5) is 22.8. The van der Waals surface area contributed by atoms with E-state index in [1.807, 2.05) is 18.7 Å². The van der Waals surface area contributed by atoms with Gasteiger partial charge in [0, 0.05) is 25.2 Å². The Morgan fingerprint density at radius 1 is 1.12 bits per heavy atom. The first-order valence-corrected chi connectivity index (χ1v) is 7.73. The highest BCUT2D eigenvalue weighted by atomic mass is 16.5. The lowest BCUT2D eigenvalue weighted by Gasteiger charge is -2.19. The summed E-state index contributed by atoms with van der Waals surface area (Å²) in [5, 5.41) is 2.80. The fraction of sp³-hybridized carbons (Fsp3) is 0.353. The smallest absolute Gasteiger partial charge is 0.274 e. The maximum absolute atomic E-state index is 12.5. The summed E-state index contributed by atoms with van der Waals surface area (Å²) in [6.07, 6.45) is 1.40. The van der Waals surface area contributed by atoms with Crippen molar-refractivity contribution < 1.29 is 14.3 Å². The van der Waals surface area contributed by atoms with Crippen LogP contribution in [0.5, 0.6) is 11.5 Å². The Balaban J connectivity index is 2.22. The molecule has 0 radical (unpaired) electrons. The van der Waals surface area contributed by atoms with Crippen LogP contribution in [0.1, 0.15) is 24.3 Å². The lowest BCUT2D eigenvalue weighted by atomic mass is 10.2. The third-order valence-electron chi connectivity index (χ3n) is 3.63. The molecule has 2 rings (SSSR count). The van der Waals surface area contributed by atoms with Crippen LogP contribution >= 0.6 is 0 Å². The van der Waals surface area contributed by atoms with Crippen LogP contribution in [-0.4, -0.2) is 43.2 Å². The molecule has 0 aliphatic carbocycles. The number of nitrogens with one attached hydrogen (secondary N) is 1. The Morgan fingerprint density at radius 2 is 1.88 bits per heavy atom. The van der Waals surface area contributed by atoms with Gasteiger partial charge in [-0.25, -0.2) is 9.97 Å². The number of benzene rings is 1. The summed E-state index contributed by atoms with van der Waals surface area (Å²) in [7, 11) is 3.11. The zero-order chi connectivity index (χ0) is 17.5. The van der Waals surface area contributed by atoms with Crippen molar-refractivity contribution in [1.82, 2.24) is 9.97 Å². The molecule has 1 aromatic carbocycles. The van der Waals surface area contributed by atoms with E-state index in [1.54, 1.807) is 31.4 Å². The van der Waals surface area contributed by atoms with E-state index in [2.05, 4.69) is 15.3 Å². The predicted octanol–water partition coefficient (Wildman–Crippen LogP) is 2.59. The van der Waals surface area contributed by atoms with Crippen molar-refractivity contribution in [2.24, 2.45) is 0 Å². The largest absolute Gasteiger partial charge is 0.497 e. The zero-order valence-electron chi connectivity index (χ0n) is 14.4. The third kappa shape index (κ3) is 3.92. The lowest BCUT2D eigenvalue weighted by Crippen LogP contribution is -2.24. The molecule has 2 aromatic rings. The van der Waals surface area contributed by atoms with Gasteiger partial charge in [0.2, 0.25) is 0 Å². The summed E-state index contributed by atoms with van der Waals surface area (Å²) < 4.78 is 10.4. The summed E-state index contributed by atoms with van der Waals surface area (Å²) in [5.74, 6) is 1.56. The summed E-state index contributed by atoms with van der Waals surface area (Å²) in [6, 6.07) is 6.86. The number of hydrogen-bond acceptors (Lipinski definition) is 6. The van der Waals surface area contributed by atoms with Gasteiger partial charge < -0.3 is 19.7 Å². The standard InChI is InChI=1S/C17H22N4O3/c1-5-21(6-2)16-10-14(18-11-19-16)17(22)20-13-8-7-12(23-3)9-15(13)24-4/h7-11H,5-6H2,1-4H3,(H,20,22). The topological polar surface area (TPSA) is 76.6 Å². The highest BCUT2D eigenvalue weighted by molar-refractivity contribution is 6.04. The number of amides is 1. The third-order valence-corrected chi connectivity index (χ3v) is 3.63. The molecule has 7 nitrogen and oxygen atoms in total. The minimum Gasteiger partial charge on any atom is -0.497 e. The molecule has 1 amide bonds. The van der Waals surface area contributed by atoms with Gasteiger partial charge in [-0.15, -0.1) is 0 Å². The molecule has 0 saturated heterocycles. The number of nitrogens with zero attached hydrogens (tertiary/aromatic N) is 3. The normalized spacial score (nSPS) is 10.2. The number of rotatable bonds is 7. The van der Waals surface area contributed by atoms with E-state index in [0.717, 1.165) is 18.9 Å². The van der Waals surface area contributed by atoms with Crippen LogP contribution in [-0.2, 0) is 0 Å². The molecule has 7 heteroatoms. The molecule has 0 unspecified atom stereocenters. The van der Waals surface area contributed by atoms with Crippen molar-refractivity contribution in [2.75, 3.05) is 37.5 Å². The molecule has 24 heavy (non-hydrogen) atoms. The second-order valence-electron chi connectivity index (χ2n) is 4.95. The average molecular weight is 330 g/mol. The minimum atomic E-state index is -0.325. The molecule has 0 saturated carbocycles. The fourth-order valence-electron chi connectivity index (χ4n) is 2.28. The number of hydrogen-bond donors (Lipinski definition) is 1. The number of carbonyl (C=O) groups excluding carboxylic acids is 1. The molecule has 0 spiro atoms. The molecule has 0 aliphatic heterocycles. The van der Waals surface area contributed by atoms with Crippen LogP contribution in [0.3, 0.4) is 0 Å². The Morgan fingerprint density at radius 3 is 2.50 bits per heavy atom. The Bertz CT molecular complexity index is 702. The van der Waals surface area contributed by atoms with E-state index in [1.165, 1.54) is 13.4 Å². The van der Waals surface area contributed by atoms with E-state index in [4.69, 9.17) is 9.47 Å². The molecule has 0 fully saturated rings. The molecular formula is C17H22N4O3. The van der Waals surface area contributed by atoms with Crippen molar-refractivity contribution >= 4 is 17.4 Å². The monoisotopic (exact) mass is 330 g/mol. The van der Waals surface area contributed by atoms with Crippen LogP contribution in [0.15, 0.2) is 30.6 Å². The average Bonchev–Trinajstić information content (AvgIpc) is 2.63. The van der Waals surface area contributed by atoms with Crippen LogP contribution < -0.4 is 19.7 Å². The number of anilines is 2. The van der Waals surface area contributed by atoms with Crippen molar-refractivity contribution in [3.8, 4) is 11.5 Å². The summed E-state index contributed by atoms with van der Waals surface area (Å²) in [5.41, 5.74) is 0.844. The second-order valence-corrected chi connectivity index (χ2v) is 4.95. The highest BCUT2D eigenvalue weighted by Gasteiger charge is 2.14. The predicted molar refractivity (Wildman–Crippen MR) is 93.1 cm³/mol. The number of methoxy groups -OCH3 is 2. The van der Waals surface area contributed by atoms with E-state index >= 15 is 0 Å².